The standard InChI is InChI=1S/C28H24N4O5S/c1-17-9-19(7-8-29-17)15-35-20-6-4-5-18(10-20)16-36-24-11-21(33-2)12-25-22(24)13-26(37-25)23-14-32-27(30-23)38-28(31-32)34-3/h4-14H,15-16H2,1-3H3. The first-order valence-electron chi connectivity index (χ1n) is 11.9. The average molecular weight is 529 g/mol. The fraction of sp³-hybridized carbons (Fsp3) is 0.179. The minimum absolute atomic E-state index is 0.346. The number of hydrogen-bond donors (Lipinski definition) is 0. The number of ether oxygens (including phenoxy) is 4. The molecule has 0 aliphatic rings. The Morgan fingerprint density at radius 2 is 1.79 bits per heavy atom. The summed E-state index contributed by atoms with van der Waals surface area (Å²) in [6.45, 7) is 2.78. The van der Waals surface area contributed by atoms with Crippen molar-refractivity contribution in [1.82, 2.24) is 19.6 Å². The fourth-order valence-corrected chi connectivity index (χ4v) is 4.78. The lowest BCUT2D eigenvalue weighted by molar-refractivity contribution is 0.296. The molecule has 4 aromatic heterocycles. The number of aryl methyl sites for hydroxylation is 1. The Morgan fingerprint density at radius 1 is 0.921 bits per heavy atom. The van der Waals surface area contributed by atoms with Gasteiger partial charge in [0.15, 0.2) is 5.76 Å². The number of imidazole rings is 1. The van der Waals surface area contributed by atoms with Crippen molar-refractivity contribution in [2.75, 3.05) is 14.2 Å². The maximum atomic E-state index is 6.25. The summed E-state index contributed by atoms with van der Waals surface area (Å²) >= 11 is 1.36. The fourth-order valence-electron chi connectivity index (χ4n) is 4.08. The molecule has 9 nitrogen and oxygen atoms in total. The van der Waals surface area contributed by atoms with Gasteiger partial charge in [0.05, 0.1) is 25.8 Å². The zero-order valence-corrected chi connectivity index (χ0v) is 21.8. The SMILES string of the molecule is COc1cc(OCc2cccc(OCc3ccnc(C)c3)c2)c2cc(-c3cn4nc(OC)sc4n3)oc2c1. The van der Waals surface area contributed by atoms with Crippen molar-refractivity contribution >= 4 is 27.3 Å². The van der Waals surface area contributed by atoms with Gasteiger partial charge in [-0.25, -0.2) is 9.50 Å². The van der Waals surface area contributed by atoms with Crippen LogP contribution in [0.3, 0.4) is 0 Å². The molecule has 192 valence electrons. The molecule has 10 heteroatoms. The maximum Gasteiger partial charge on any atom is 0.294 e. The van der Waals surface area contributed by atoms with Crippen LogP contribution < -0.4 is 18.9 Å². The average Bonchev–Trinajstić information content (AvgIpc) is 3.64. The number of hydrogen-bond acceptors (Lipinski definition) is 9. The van der Waals surface area contributed by atoms with Gasteiger partial charge in [0.25, 0.3) is 5.19 Å². The first kappa shape index (κ1) is 23.8. The molecule has 0 radical (unpaired) electrons. The molecule has 0 bridgehead atoms. The number of methoxy groups -OCH3 is 2. The van der Waals surface area contributed by atoms with E-state index in [1.807, 2.05) is 67.7 Å². The number of aromatic nitrogens is 4. The molecule has 0 unspecified atom stereocenters. The molecule has 0 spiro atoms. The lowest BCUT2D eigenvalue weighted by Crippen LogP contribution is -1.99. The van der Waals surface area contributed by atoms with Gasteiger partial charge >= 0.3 is 0 Å². The molecule has 0 saturated heterocycles. The summed E-state index contributed by atoms with van der Waals surface area (Å²) in [5.41, 5.74) is 4.32. The Hall–Kier alpha value is -4.57. The Balaban J connectivity index is 1.22. The van der Waals surface area contributed by atoms with E-state index in [0.717, 1.165) is 28.0 Å². The Kier molecular flexibility index (Phi) is 6.30. The van der Waals surface area contributed by atoms with E-state index < -0.39 is 0 Å². The molecular formula is C28H24N4O5S. The van der Waals surface area contributed by atoms with E-state index >= 15 is 0 Å². The van der Waals surface area contributed by atoms with Crippen molar-refractivity contribution in [2.24, 2.45) is 0 Å². The number of furan rings is 1. The summed E-state index contributed by atoms with van der Waals surface area (Å²) < 4.78 is 30.7. The Morgan fingerprint density at radius 3 is 2.61 bits per heavy atom. The van der Waals surface area contributed by atoms with Gasteiger partial charge in [-0.2, -0.15) is 0 Å². The van der Waals surface area contributed by atoms with Crippen molar-refractivity contribution in [1.29, 1.82) is 0 Å². The molecule has 0 aliphatic carbocycles. The molecule has 0 aliphatic heterocycles. The predicted molar refractivity (Wildman–Crippen MR) is 143 cm³/mol. The second kappa shape index (κ2) is 10.1. The third kappa shape index (κ3) is 4.85. The highest BCUT2D eigenvalue weighted by atomic mass is 32.1. The van der Waals surface area contributed by atoms with E-state index in [9.17, 15) is 0 Å². The lowest BCUT2D eigenvalue weighted by atomic mass is 10.2. The summed E-state index contributed by atoms with van der Waals surface area (Å²) in [5, 5.41) is 5.70. The highest BCUT2D eigenvalue weighted by molar-refractivity contribution is 7.18. The third-order valence-corrected chi connectivity index (χ3v) is 6.80. The molecule has 2 aromatic carbocycles. The van der Waals surface area contributed by atoms with Gasteiger partial charge in [0, 0.05) is 24.0 Å². The molecule has 0 fully saturated rings. The highest BCUT2D eigenvalue weighted by Gasteiger charge is 2.17. The van der Waals surface area contributed by atoms with E-state index in [4.69, 9.17) is 23.4 Å². The second-order valence-electron chi connectivity index (χ2n) is 8.60. The highest BCUT2D eigenvalue weighted by Crippen LogP contribution is 2.37. The van der Waals surface area contributed by atoms with E-state index in [0.29, 0.717) is 51.9 Å². The molecule has 0 saturated carbocycles. The normalized spacial score (nSPS) is 11.2. The molecule has 6 aromatic rings. The van der Waals surface area contributed by atoms with Crippen LogP contribution >= 0.6 is 11.3 Å². The van der Waals surface area contributed by atoms with Crippen LogP contribution in [-0.2, 0) is 13.2 Å². The molecule has 4 heterocycles. The van der Waals surface area contributed by atoms with E-state index in [2.05, 4.69) is 15.1 Å². The topological polar surface area (TPSA) is 93.1 Å². The van der Waals surface area contributed by atoms with E-state index in [-0.39, 0.29) is 0 Å². The summed E-state index contributed by atoms with van der Waals surface area (Å²) in [4.78, 5) is 9.57. The molecule has 0 atom stereocenters. The summed E-state index contributed by atoms with van der Waals surface area (Å²) in [7, 11) is 3.20. The van der Waals surface area contributed by atoms with Crippen LogP contribution in [0.15, 0.2) is 71.4 Å². The summed E-state index contributed by atoms with van der Waals surface area (Å²) in [5.74, 6) is 2.66. The second-order valence-corrected chi connectivity index (χ2v) is 9.52. The summed E-state index contributed by atoms with van der Waals surface area (Å²) in [6, 6.07) is 17.4. The first-order valence-corrected chi connectivity index (χ1v) is 12.7. The van der Waals surface area contributed by atoms with Gasteiger partial charge in [0.2, 0.25) is 4.96 Å². The zero-order chi connectivity index (χ0) is 26.1. The smallest absolute Gasteiger partial charge is 0.294 e. The minimum Gasteiger partial charge on any atom is -0.496 e. The van der Waals surface area contributed by atoms with Crippen molar-refractivity contribution in [2.45, 2.75) is 20.1 Å². The number of rotatable bonds is 9. The number of benzene rings is 2. The minimum atomic E-state index is 0.346. The van der Waals surface area contributed by atoms with Gasteiger partial charge in [-0.15, -0.1) is 5.10 Å². The number of pyridine rings is 1. The number of nitrogens with zero attached hydrogens (tertiary/aromatic N) is 4. The van der Waals surface area contributed by atoms with Crippen LogP contribution in [0.2, 0.25) is 0 Å². The Labute approximate surface area is 222 Å². The lowest BCUT2D eigenvalue weighted by Gasteiger charge is -2.11. The van der Waals surface area contributed by atoms with Gasteiger partial charge in [0.1, 0.15) is 41.7 Å². The quantitative estimate of drug-likeness (QED) is 0.223. The van der Waals surface area contributed by atoms with Gasteiger partial charge in [-0.1, -0.05) is 12.1 Å². The predicted octanol–water partition coefficient (Wildman–Crippen LogP) is 6.08. The van der Waals surface area contributed by atoms with Crippen LogP contribution in [0.4, 0.5) is 0 Å². The Bertz CT molecular complexity index is 1710. The van der Waals surface area contributed by atoms with Crippen molar-refractivity contribution in [3.05, 3.63) is 83.8 Å². The van der Waals surface area contributed by atoms with Gasteiger partial charge < -0.3 is 23.4 Å². The van der Waals surface area contributed by atoms with Crippen molar-refractivity contribution < 1.29 is 23.4 Å². The maximum absolute atomic E-state index is 6.25. The van der Waals surface area contributed by atoms with E-state index in [1.165, 1.54) is 11.3 Å². The van der Waals surface area contributed by atoms with Crippen LogP contribution in [0, 0.1) is 6.92 Å². The van der Waals surface area contributed by atoms with E-state index in [1.54, 1.807) is 24.9 Å². The molecule has 38 heavy (non-hydrogen) atoms. The van der Waals surface area contributed by atoms with Crippen LogP contribution in [0.5, 0.6) is 22.4 Å². The molecule has 0 N–H and O–H groups in total. The molecule has 6 rings (SSSR count). The largest absolute Gasteiger partial charge is 0.496 e. The van der Waals surface area contributed by atoms with Crippen LogP contribution in [0.1, 0.15) is 16.8 Å². The van der Waals surface area contributed by atoms with Crippen LogP contribution in [-0.4, -0.2) is 33.8 Å². The van der Waals surface area contributed by atoms with Crippen molar-refractivity contribution in [3.63, 3.8) is 0 Å². The van der Waals surface area contributed by atoms with Gasteiger partial charge in [-0.3, -0.25) is 4.98 Å². The monoisotopic (exact) mass is 528 g/mol. The van der Waals surface area contributed by atoms with Crippen LogP contribution in [0.25, 0.3) is 27.4 Å². The summed E-state index contributed by atoms with van der Waals surface area (Å²) in [6.07, 6.45) is 3.60. The van der Waals surface area contributed by atoms with Crippen molar-refractivity contribution in [3.8, 4) is 33.9 Å². The van der Waals surface area contributed by atoms with Gasteiger partial charge in [-0.05, 0) is 59.7 Å². The zero-order valence-electron chi connectivity index (χ0n) is 21.0. The third-order valence-electron chi connectivity index (χ3n) is 5.92. The molecular weight excluding hydrogens is 504 g/mol. The number of fused-ring (bicyclic) bond motifs is 2. The first-order chi connectivity index (χ1) is 18.6. The molecule has 0 amide bonds.